The van der Waals surface area contributed by atoms with Gasteiger partial charge in [0.25, 0.3) is 5.91 Å². The van der Waals surface area contributed by atoms with E-state index >= 15 is 0 Å². The third-order valence-corrected chi connectivity index (χ3v) is 4.04. The molecule has 0 radical (unpaired) electrons. The summed E-state index contributed by atoms with van der Waals surface area (Å²) >= 11 is 6.59. The number of carbonyl (C=O) groups excluding carboxylic acids is 1. The summed E-state index contributed by atoms with van der Waals surface area (Å²) in [5, 5.41) is 10.1. The average Bonchev–Trinajstić information content (AvgIpc) is 2.35. The van der Waals surface area contributed by atoms with Crippen molar-refractivity contribution in [2.75, 3.05) is 18.8 Å². The molecule has 6 heteroatoms. The summed E-state index contributed by atoms with van der Waals surface area (Å²) in [5.74, 6) is -0.302. The van der Waals surface area contributed by atoms with Gasteiger partial charge in [-0.2, -0.15) is 0 Å². The maximum atomic E-state index is 12.0. The first-order valence-electron chi connectivity index (χ1n) is 5.63. The predicted molar refractivity (Wildman–Crippen MR) is 79.1 cm³/mol. The van der Waals surface area contributed by atoms with Gasteiger partial charge in [0.15, 0.2) is 6.10 Å². The number of hydrogen-bond donors (Lipinski definition) is 2. The Balaban J connectivity index is 3.04. The Morgan fingerprint density at radius 2 is 1.78 bits per heavy atom. The first kappa shape index (κ1) is 15.5. The second-order valence-electron chi connectivity index (χ2n) is 3.81. The number of amides is 1. The molecule has 1 unspecified atom stereocenters. The molecule has 0 aliphatic rings. The third-order valence-electron chi connectivity index (χ3n) is 2.73. The molecule has 0 bridgehead atoms. The van der Waals surface area contributed by atoms with Crippen LogP contribution in [0.2, 0.25) is 0 Å². The molecule has 0 spiro atoms. The first-order chi connectivity index (χ1) is 8.42. The van der Waals surface area contributed by atoms with Gasteiger partial charge in [0.1, 0.15) is 0 Å². The Hall–Kier alpha value is -0.590. The van der Waals surface area contributed by atoms with Gasteiger partial charge in [0.05, 0.1) is 5.69 Å². The molecule has 0 aromatic heterocycles. The monoisotopic (exact) mass is 378 g/mol. The fourth-order valence-corrected chi connectivity index (χ4v) is 2.83. The number of hydrogen-bond acceptors (Lipinski definition) is 3. The van der Waals surface area contributed by atoms with Crippen LogP contribution in [-0.2, 0) is 4.79 Å². The highest BCUT2D eigenvalue weighted by atomic mass is 79.9. The zero-order valence-corrected chi connectivity index (χ0v) is 13.5. The largest absolute Gasteiger partial charge is 0.397 e. The molecule has 0 heterocycles. The van der Waals surface area contributed by atoms with Crippen molar-refractivity contribution in [3.05, 3.63) is 26.6 Å². The normalized spacial score (nSPS) is 12.3. The van der Waals surface area contributed by atoms with Crippen molar-refractivity contribution in [1.29, 1.82) is 0 Å². The fraction of sp³-hybridized carbons (Fsp3) is 0.417. The second kappa shape index (κ2) is 6.54. The summed E-state index contributed by atoms with van der Waals surface area (Å²) in [6.07, 6.45) is -1.17. The van der Waals surface area contributed by atoms with E-state index in [9.17, 15) is 9.90 Å². The summed E-state index contributed by atoms with van der Waals surface area (Å²) in [5.41, 5.74) is 6.82. The number of nitrogens with two attached hydrogens (primary N) is 1. The zero-order chi connectivity index (χ0) is 13.9. The standard InChI is InChI=1S/C12H16Br2N2O2/c1-3-16(4-2)12(18)11(17)7-5-8(13)10(15)9(14)6-7/h5-6,11,17H,3-4,15H2,1-2H3. The van der Waals surface area contributed by atoms with Crippen molar-refractivity contribution in [2.45, 2.75) is 20.0 Å². The van der Waals surface area contributed by atoms with E-state index in [0.29, 0.717) is 33.3 Å². The third kappa shape index (κ3) is 3.24. The molecule has 1 rings (SSSR count). The Morgan fingerprint density at radius 3 is 2.17 bits per heavy atom. The summed E-state index contributed by atoms with van der Waals surface area (Å²) in [7, 11) is 0. The van der Waals surface area contributed by atoms with Crippen LogP contribution in [0.5, 0.6) is 0 Å². The van der Waals surface area contributed by atoms with Crippen LogP contribution in [-0.4, -0.2) is 29.0 Å². The minimum Gasteiger partial charge on any atom is -0.397 e. The van der Waals surface area contributed by atoms with Crippen LogP contribution in [0, 0.1) is 0 Å². The number of halogens is 2. The number of benzene rings is 1. The molecule has 0 saturated heterocycles. The Morgan fingerprint density at radius 1 is 1.33 bits per heavy atom. The van der Waals surface area contributed by atoms with Gasteiger partial charge < -0.3 is 15.7 Å². The predicted octanol–water partition coefficient (Wildman–Crippen LogP) is 2.70. The van der Waals surface area contributed by atoms with Crippen molar-refractivity contribution in [3.63, 3.8) is 0 Å². The number of aliphatic hydroxyl groups excluding tert-OH is 1. The van der Waals surface area contributed by atoms with E-state index in [1.165, 1.54) is 0 Å². The van der Waals surface area contributed by atoms with E-state index in [4.69, 9.17) is 5.73 Å². The van der Waals surface area contributed by atoms with Crippen LogP contribution >= 0.6 is 31.9 Å². The van der Waals surface area contributed by atoms with E-state index < -0.39 is 6.10 Å². The van der Waals surface area contributed by atoms with Crippen molar-refractivity contribution in [1.82, 2.24) is 4.90 Å². The van der Waals surface area contributed by atoms with Crippen LogP contribution in [0.15, 0.2) is 21.1 Å². The minimum absolute atomic E-state index is 0.302. The molecular weight excluding hydrogens is 364 g/mol. The maximum Gasteiger partial charge on any atom is 0.256 e. The van der Waals surface area contributed by atoms with Crippen molar-refractivity contribution >= 4 is 43.5 Å². The zero-order valence-electron chi connectivity index (χ0n) is 10.3. The fourth-order valence-electron chi connectivity index (χ4n) is 1.61. The van der Waals surface area contributed by atoms with Gasteiger partial charge in [0.2, 0.25) is 0 Å². The summed E-state index contributed by atoms with van der Waals surface area (Å²) in [6.45, 7) is 4.90. The smallest absolute Gasteiger partial charge is 0.256 e. The van der Waals surface area contributed by atoms with E-state index in [1.807, 2.05) is 13.8 Å². The lowest BCUT2D eigenvalue weighted by molar-refractivity contribution is -0.140. The van der Waals surface area contributed by atoms with Crippen molar-refractivity contribution < 1.29 is 9.90 Å². The second-order valence-corrected chi connectivity index (χ2v) is 5.52. The van der Waals surface area contributed by atoms with Crippen LogP contribution in [0.3, 0.4) is 0 Å². The Kier molecular flexibility index (Phi) is 5.62. The number of aliphatic hydroxyl groups is 1. The highest BCUT2D eigenvalue weighted by molar-refractivity contribution is 9.11. The van der Waals surface area contributed by atoms with Crippen LogP contribution < -0.4 is 5.73 Å². The molecule has 3 N–H and O–H groups in total. The van der Waals surface area contributed by atoms with Gasteiger partial charge in [-0.1, -0.05) is 0 Å². The van der Waals surface area contributed by atoms with Crippen LogP contribution in [0.25, 0.3) is 0 Å². The molecule has 18 heavy (non-hydrogen) atoms. The first-order valence-corrected chi connectivity index (χ1v) is 7.22. The van der Waals surface area contributed by atoms with E-state index in [2.05, 4.69) is 31.9 Å². The topological polar surface area (TPSA) is 66.6 Å². The lowest BCUT2D eigenvalue weighted by atomic mass is 10.1. The number of anilines is 1. The van der Waals surface area contributed by atoms with Gasteiger partial charge >= 0.3 is 0 Å². The lowest BCUT2D eigenvalue weighted by Crippen LogP contribution is -2.34. The quantitative estimate of drug-likeness (QED) is 0.790. The maximum absolute atomic E-state index is 12.0. The van der Waals surface area contributed by atoms with E-state index in [-0.39, 0.29) is 5.91 Å². The molecule has 1 aromatic carbocycles. The van der Waals surface area contributed by atoms with Crippen molar-refractivity contribution in [3.8, 4) is 0 Å². The molecule has 0 saturated carbocycles. The summed E-state index contributed by atoms with van der Waals surface area (Å²) in [4.78, 5) is 13.6. The van der Waals surface area contributed by atoms with Gasteiger partial charge in [-0.3, -0.25) is 4.79 Å². The van der Waals surface area contributed by atoms with E-state index in [1.54, 1.807) is 17.0 Å². The molecule has 0 fully saturated rings. The average molecular weight is 380 g/mol. The van der Waals surface area contributed by atoms with Crippen LogP contribution in [0.4, 0.5) is 5.69 Å². The summed E-state index contributed by atoms with van der Waals surface area (Å²) in [6, 6.07) is 3.32. The molecule has 4 nitrogen and oxygen atoms in total. The molecule has 1 amide bonds. The molecule has 0 aliphatic heterocycles. The van der Waals surface area contributed by atoms with Gasteiger partial charge in [-0.25, -0.2) is 0 Å². The SMILES string of the molecule is CCN(CC)C(=O)C(O)c1cc(Br)c(N)c(Br)c1. The lowest BCUT2D eigenvalue weighted by Gasteiger charge is -2.22. The highest BCUT2D eigenvalue weighted by Gasteiger charge is 2.23. The van der Waals surface area contributed by atoms with Gasteiger partial charge in [-0.15, -0.1) is 0 Å². The van der Waals surface area contributed by atoms with Crippen molar-refractivity contribution in [2.24, 2.45) is 0 Å². The van der Waals surface area contributed by atoms with Gasteiger partial charge in [-0.05, 0) is 63.4 Å². The number of nitrogens with zero attached hydrogens (tertiary/aromatic N) is 1. The minimum atomic E-state index is -1.17. The molecular formula is C12H16Br2N2O2. The summed E-state index contributed by atoms with van der Waals surface area (Å²) < 4.78 is 1.30. The highest BCUT2D eigenvalue weighted by Crippen LogP contribution is 2.32. The molecule has 0 aliphatic carbocycles. The molecule has 1 aromatic rings. The Bertz CT molecular complexity index is 425. The number of likely N-dealkylation sites (N-methyl/N-ethyl adjacent to an activating group) is 1. The van der Waals surface area contributed by atoms with E-state index in [0.717, 1.165) is 0 Å². The Labute approximate surface area is 123 Å². The molecule has 100 valence electrons. The number of nitrogen functional groups attached to an aromatic ring is 1. The number of carbonyl (C=O) groups is 1. The number of rotatable bonds is 4. The van der Waals surface area contributed by atoms with Crippen LogP contribution in [0.1, 0.15) is 25.5 Å². The molecule has 1 atom stereocenters. The van der Waals surface area contributed by atoms with Gasteiger partial charge in [0, 0.05) is 22.0 Å².